The molecule has 0 saturated heterocycles. The summed E-state index contributed by atoms with van der Waals surface area (Å²) in [6.45, 7) is 1.72. The molecule has 8 heteroatoms. The molecule has 3 aromatic rings. The van der Waals surface area contributed by atoms with Crippen LogP contribution in [0.25, 0.3) is 11.1 Å². The zero-order valence-corrected chi connectivity index (χ0v) is 14.8. The molecular weight excluding hydrogens is 402 g/mol. The molecule has 0 amide bonds. The molecule has 0 saturated carbocycles. The largest absolute Gasteiger partial charge is 0.335 e. The lowest BCUT2D eigenvalue weighted by Gasteiger charge is -2.13. The molecule has 0 bridgehead atoms. The summed E-state index contributed by atoms with van der Waals surface area (Å²) in [6.07, 6.45) is 0. The molecule has 0 aliphatic carbocycles. The number of halogens is 5. The Morgan fingerprint density at radius 1 is 1.00 bits per heavy atom. The molecule has 1 aromatic heterocycles. The molecular formula is C17H12BrF4N3. The second kappa shape index (κ2) is 6.51. The van der Waals surface area contributed by atoms with Gasteiger partial charge in [0.15, 0.2) is 11.6 Å². The van der Waals surface area contributed by atoms with E-state index in [-0.39, 0.29) is 5.82 Å². The van der Waals surface area contributed by atoms with E-state index in [0.29, 0.717) is 33.4 Å². The molecule has 1 heterocycles. The van der Waals surface area contributed by atoms with Gasteiger partial charge in [0.05, 0.1) is 5.69 Å². The van der Waals surface area contributed by atoms with Gasteiger partial charge in [0.1, 0.15) is 23.1 Å². The molecule has 0 spiro atoms. The average Bonchev–Trinajstić information content (AvgIpc) is 2.77. The number of aryl methyl sites for hydroxylation is 2. The number of nitrogens with zero attached hydrogens (tertiary/aromatic N) is 2. The topological polar surface area (TPSA) is 29.9 Å². The lowest BCUT2D eigenvalue weighted by Crippen LogP contribution is -2.04. The number of nitrogens with one attached hydrogen (secondary N) is 1. The Hall–Kier alpha value is -2.35. The summed E-state index contributed by atoms with van der Waals surface area (Å²) in [4.78, 5) is 0. The van der Waals surface area contributed by atoms with Crippen LogP contribution in [0.5, 0.6) is 0 Å². The van der Waals surface area contributed by atoms with Gasteiger partial charge in [-0.2, -0.15) is 5.10 Å². The summed E-state index contributed by atoms with van der Waals surface area (Å²) in [5.74, 6) is -3.29. The standard InChI is InChI=1S/C17H12BrF4N3/c1-8-15(11-4-3-9(19)5-12(11)18)17(25(2)24-8)23-16-13(21)6-10(20)7-14(16)22/h3-7,23H,1-2H3. The zero-order chi connectivity index (χ0) is 18.3. The van der Waals surface area contributed by atoms with Crippen LogP contribution >= 0.6 is 15.9 Å². The zero-order valence-electron chi connectivity index (χ0n) is 13.2. The highest BCUT2D eigenvalue weighted by Gasteiger charge is 2.21. The van der Waals surface area contributed by atoms with Gasteiger partial charge in [-0.1, -0.05) is 22.0 Å². The van der Waals surface area contributed by atoms with Crippen molar-refractivity contribution in [1.29, 1.82) is 0 Å². The Balaban J connectivity index is 2.16. The van der Waals surface area contributed by atoms with Gasteiger partial charge in [-0.15, -0.1) is 0 Å². The number of aromatic nitrogens is 2. The van der Waals surface area contributed by atoms with Crippen molar-refractivity contribution < 1.29 is 17.6 Å². The van der Waals surface area contributed by atoms with Gasteiger partial charge in [-0.3, -0.25) is 4.68 Å². The van der Waals surface area contributed by atoms with Crippen LogP contribution in [0, 0.1) is 30.2 Å². The van der Waals surface area contributed by atoms with E-state index in [1.54, 1.807) is 14.0 Å². The van der Waals surface area contributed by atoms with Gasteiger partial charge in [-0.25, -0.2) is 17.6 Å². The number of hydrogen-bond donors (Lipinski definition) is 1. The second-order valence-corrected chi connectivity index (χ2v) is 6.28. The summed E-state index contributed by atoms with van der Waals surface area (Å²) in [7, 11) is 1.59. The van der Waals surface area contributed by atoms with E-state index < -0.39 is 29.0 Å². The van der Waals surface area contributed by atoms with Crippen LogP contribution in [0.4, 0.5) is 29.1 Å². The predicted molar refractivity (Wildman–Crippen MR) is 90.6 cm³/mol. The van der Waals surface area contributed by atoms with Crippen LogP contribution < -0.4 is 5.32 Å². The molecule has 25 heavy (non-hydrogen) atoms. The van der Waals surface area contributed by atoms with Gasteiger partial charge >= 0.3 is 0 Å². The number of hydrogen-bond acceptors (Lipinski definition) is 2. The summed E-state index contributed by atoms with van der Waals surface area (Å²) < 4.78 is 56.3. The maximum absolute atomic E-state index is 14.0. The molecule has 0 atom stereocenters. The summed E-state index contributed by atoms with van der Waals surface area (Å²) in [5, 5.41) is 6.88. The molecule has 130 valence electrons. The normalized spacial score (nSPS) is 11.0. The third kappa shape index (κ3) is 3.26. The lowest BCUT2D eigenvalue weighted by molar-refractivity contribution is 0.548. The van der Waals surface area contributed by atoms with Crippen molar-refractivity contribution >= 4 is 27.4 Å². The van der Waals surface area contributed by atoms with Crippen LogP contribution in [-0.4, -0.2) is 9.78 Å². The van der Waals surface area contributed by atoms with Gasteiger partial charge in [-0.05, 0) is 19.1 Å². The number of anilines is 2. The van der Waals surface area contributed by atoms with Crippen molar-refractivity contribution in [3.05, 3.63) is 63.8 Å². The van der Waals surface area contributed by atoms with Crippen LogP contribution in [0.3, 0.4) is 0 Å². The summed E-state index contributed by atoms with van der Waals surface area (Å²) >= 11 is 3.28. The molecule has 0 fully saturated rings. The molecule has 1 N–H and O–H groups in total. The van der Waals surface area contributed by atoms with Crippen molar-refractivity contribution in [2.24, 2.45) is 7.05 Å². The minimum absolute atomic E-state index is 0.286. The van der Waals surface area contributed by atoms with Crippen molar-refractivity contribution in [1.82, 2.24) is 9.78 Å². The Bertz CT molecular complexity index is 946. The van der Waals surface area contributed by atoms with E-state index in [1.165, 1.54) is 22.9 Å². The molecule has 3 nitrogen and oxygen atoms in total. The Kier molecular flexibility index (Phi) is 4.55. The van der Waals surface area contributed by atoms with E-state index in [2.05, 4.69) is 26.3 Å². The molecule has 0 radical (unpaired) electrons. The first-order chi connectivity index (χ1) is 11.8. The molecule has 0 aliphatic rings. The lowest BCUT2D eigenvalue weighted by atomic mass is 10.1. The number of rotatable bonds is 3. The average molecular weight is 414 g/mol. The van der Waals surface area contributed by atoms with Crippen LogP contribution in [0.2, 0.25) is 0 Å². The smallest absolute Gasteiger partial charge is 0.152 e. The number of benzene rings is 2. The molecule has 0 unspecified atom stereocenters. The van der Waals surface area contributed by atoms with Crippen LogP contribution in [0.15, 0.2) is 34.8 Å². The van der Waals surface area contributed by atoms with Crippen LogP contribution in [0.1, 0.15) is 5.69 Å². The van der Waals surface area contributed by atoms with Gasteiger partial charge in [0.25, 0.3) is 0 Å². The van der Waals surface area contributed by atoms with Crippen molar-refractivity contribution in [2.45, 2.75) is 6.92 Å². The Morgan fingerprint density at radius 3 is 2.24 bits per heavy atom. The maximum atomic E-state index is 14.0. The van der Waals surface area contributed by atoms with Gasteiger partial charge < -0.3 is 5.32 Å². The summed E-state index contributed by atoms with van der Waals surface area (Å²) in [6, 6.07) is 5.26. The fraction of sp³-hybridized carbons (Fsp3) is 0.118. The third-order valence-electron chi connectivity index (χ3n) is 3.67. The highest BCUT2D eigenvalue weighted by molar-refractivity contribution is 9.10. The Morgan fingerprint density at radius 2 is 1.64 bits per heavy atom. The second-order valence-electron chi connectivity index (χ2n) is 5.43. The third-order valence-corrected chi connectivity index (χ3v) is 4.33. The highest BCUT2D eigenvalue weighted by Crippen LogP contribution is 2.38. The quantitative estimate of drug-likeness (QED) is 0.577. The fourth-order valence-corrected chi connectivity index (χ4v) is 3.15. The van der Waals surface area contributed by atoms with E-state index in [9.17, 15) is 17.6 Å². The van der Waals surface area contributed by atoms with E-state index in [1.807, 2.05) is 0 Å². The first-order valence-corrected chi connectivity index (χ1v) is 7.98. The summed E-state index contributed by atoms with van der Waals surface area (Å²) in [5.41, 5.74) is 1.21. The van der Waals surface area contributed by atoms with Gasteiger partial charge in [0.2, 0.25) is 0 Å². The van der Waals surface area contributed by atoms with Gasteiger partial charge in [0, 0.05) is 34.8 Å². The van der Waals surface area contributed by atoms with E-state index in [4.69, 9.17) is 0 Å². The van der Waals surface area contributed by atoms with E-state index in [0.717, 1.165) is 0 Å². The highest BCUT2D eigenvalue weighted by atomic mass is 79.9. The first-order valence-electron chi connectivity index (χ1n) is 7.18. The van der Waals surface area contributed by atoms with Crippen molar-refractivity contribution in [3.8, 4) is 11.1 Å². The maximum Gasteiger partial charge on any atom is 0.152 e. The molecule has 0 aliphatic heterocycles. The molecule has 2 aromatic carbocycles. The Labute approximate surface area is 149 Å². The van der Waals surface area contributed by atoms with E-state index >= 15 is 0 Å². The first kappa shape index (κ1) is 17.5. The monoisotopic (exact) mass is 413 g/mol. The minimum Gasteiger partial charge on any atom is -0.335 e. The van der Waals surface area contributed by atoms with Crippen molar-refractivity contribution in [3.63, 3.8) is 0 Å². The molecule has 3 rings (SSSR count). The van der Waals surface area contributed by atoms with Crippen LogP contribution in [-0.2, 0) is 7.05 Å². The SMILES string of the molecule is Cc1nn(C)c(Nc2c(F)cc(F)cc2F)c1-c1ccc(F)cc1Br. The fourth-order valence-electron chi connectivity index (χ4n) is 2.60. The predicted octanol–water partition coefficient (Wildman–Crippen LogP) is 5.46. The van der Waals surface area contributed by atoms with Crippen molar-refractivity contribution in [2.75, 3.05) is 5.32 Å². The minimum atomic E-state index is -1.07.